The first-order chi connectivity index (χ1) is 13.7. The fourth-order valence-corrected chi connectivity index (χ4v) is 3.81. The molecule has 0 radical (unpaired) electrons. The van der Waals surface area contributed by atoms with Crippen LogP contribution in [0.1, 0.15) is 18.1 Å². The second kappa shape index (κ2) is 7.91. The Morgan fingerprint density at radius 2 is 1.76 bits per heavy atom. The Bertz CT molecular complexity index is 1040. The van der Waals surface area contributed by atoms with Gasteiger partial charge in [0.1, 0.15) is 12.1 Å². The molecule has 3 rings (SSSR count). The lowest BCUT2D eigenvalue weighted by molar-refractivity contribution is -0.133. The highest BCUT2D eigenvalue weighted by Gasteiger charge is 2.49. The Balaban J connectivity index is 1.78. The topological polar surface area (TPSA) is 102 Å². The first-order valence-corrected chi connectivity index (χ1v) is 9.38. The van der Waals surface area contributed by atoms with E-state index in [1.54, 1.807) is 24.3 Å². The highest BCUT2D eigenvalue weighted by Crippen LogP contribution is 2.34. The van der Waals surface area contributed by atoms with Crippen LogP contribution in [-0.4, -0.2) is 29.3 Å². The number of anilines is 1. The van der Waals surface area contributed by atoms with Crippen molar-refractivity contribution in [3.8, 4) is 6.07 Å². The van der Waals surface area contributed by atoms with E-state index < -0.39 is 29.9 Å². The maximum Gasteiger partial charge on any atom is 0.325 e. The number of carbonyl (C=O) groups excluding carboxylic acids is 3. The van der Waals surface area contributed by atoms with Crippen LogP contribution in [-0.2, 0) is 15.1 Å². The van der Waals surface area contributed by atoms with E-state index in [9.17, 15) is 14.4 Å². The maximum absolute atomic E-state index is 12.9. The summed E-state index contributed by atoms with van der Waals surface area (Å²) < 4.78 is 0. The van der Waals surface area contributed by atoms with Gasteiger partial charge in [0.25, 0.3) is 5.91 Å². The number of hydrogen-bond donors (Lipinski definition) is 2. The number of benzene rings is 2. The van der Waals surface area contributed by atoms with Crippen LogP contribution in [0.2, 0.25) is 15.1 Å². The molecule has 1 aliphatic heterocycles. The van der Waals surface area contributed by atoms with Gasteiger partial charge in [-0.3, -0.25) is 14.5 Å². The minimum Gasteiger partial charge on any atom is -0.322 e. The van der Waals surface area contributed by atoms with Gasteiger partial charge in [-0.15, -0.1) is 0 Å². The number of rotatable bonds is 4. The Kier molecular flexibility index (Phi) is 5.71. The summed E-state index contributed by atoms with van der Waals surface area (Å²) in [6, 6.07) is 10.3. The van der Waals surface area contributed by atoms with Crippen LogP contribution < -0.4 is 10.6 Å². The lowest BCUT2D eigenvalue weighted by Gasteiger charge is -2.22. The summed E-state index contributed by atoms with van der Waals surface area (Å²) in [5.41, 5.74) is -0.325. The van der Waals surface area contributed by atoms with Crippen molar-refractivity contribution in [2.24, 2.45) is 0 Å². The number of amides is 4. The summed E-state index contributed by atoms with van der Waals surface area (Å²) in [5, 5.41) is 14.5. The second-order valence-corrected chi connectivity index (χ2v) is 7.68. The molecule has 7 nitrogen and oxygen atoms in total. The molecule has 1 saturated heterocycles. The fraction of sp³-hybridized carbons (Fsp3) is 0.158. The van der Waals surface area contributed by atoms with Crippen molar-refractivity contribution in [1.29, 1.82) is 5.26 Å². The SMILES string of the molecule is CC1(c2ccc(C#N)cc2)NC(=O)N(CC(=O)Nc2c(Cl)cc(Cl)cc2Cl)C1=O. The van der Waals surface area contributed by atoms with Crippen LogP contribution in [0, 0.1) is 11.3 Å². The molecule has 29 heavy (non-hydrogen) atoms. The van der Waals surface area contributed by atoms with Gasteiger partial charge in [-0.2, -0.15) is 5.26 Å². The molecule has 1 atom stereocenters. The predicted octanol–water partition coefficient (Wildman–Crippen LogP) is 3.92. The quantitative estimate of drug-likeness (QED) is 0.688. The molecule has 1 unspecified atom stereocenters. The molecular formula is C19H13Cl3N4O3. The number of carbonyl (C=O) groups is 3. The Labute approximate surface area is 181 Å². The van der Waals surface area contributed by atoms with Gasteiger partial charge in [0.2, 0.25) is 5.91 Å². The molecule has 148 valence electrons. The zero-order valence-electron chi connectivity index (χ0n) is 14.9. The van der Waals surface area contributed by atoms with E-state index in [1.165, 1.54) is 19.1 Å². The van der Waals surface area contributed by atoms with Crippen molar-refractivity contribution < 1.29 is 14.4 Å². The Morgan fingerprint density at radius 1 is 1.17 bits per heavy atom. The average Bonchev–Trinajstić information content (AvgIpc) is 2.88. The number of imide groups is 1. The van der Waals surface area contributed by atoms with Crippen molar-refractivity contribution in [1.82, 2.24) is 10.2 Å². The van der Waals surface area contributed by atoms with Crippen LogP contribution in [0.5, 0.6) is 0 Å². The van der Waals surface area contributed by atoms with Gasteiger partial charge in [0.15, 0.2) is 0 Å². The molecule has 0 aliphatic carbocycles. The largest absolute Gasteiger partial charge is 0.325 e. The van der Waals surface area contributed by atoms with Gasteiger partial charge in [0.05, 0.1) is 27.4 Å². The molecule has 0 spiro atoms. The van der Waals surface area contributed by atoms with Crippen LogP contribution in [0.25, 0.3) is 0 Å². The molecule has 1 fully saturated rings. The molecule has 2 aromatic rings. The molecule has 2 N–H and O–H groups in total. The number of hydrogen-bond acceptors (Lipinski definition) is 4. The predicted molar refractivity (Wildman–Crippen MR) is 109 cm³/mol. The van der Waals surface area contributed by atoms with E-state index in [4.69, 9.17) is 40.1 Å². The first-order valence-electron chi connectivity index (χ1n) is 8.25. The van der Waals surface area contributed by atoms with Crippen LogP contribution in [0.15, 0.2) is 36.4 Å². The summed E-state index contributed by atoms with van der Waals surface area (Å²) in [7, 11) is 0. The van der Waals surface area contributed by atoms with Crippen molar-refractivity contribution >= 4 is 58.3 Å². The molecule has 0 bridgehead atoms. The van der Waals surface area contributed by atoms with Crippen molar-refractivity contribution in [3.05, 3.63) is 62.6 Å². The molecule has 2 aromatic carbocycles. The fourth-order valence-electron chi connectivity index (χ4n) is 2.90. The average molecular weight is 452 g/mol. The Hall–Kier alpha value is -2.79. The minimum atomic E-state index is -1.36. The van der Waals surface area contributed by atoms with Gasteiger partial charge >= 0.3 is 6.03 Å². The summed E-state index contributed by atoms with van der Waals surface area (Å²) in [4.78, 5) is 38.4. The smallest absolute Gasteiger partial charge is 0.322 e. The van der Waals surface area contributed by atoms with Gasteiger partial charge in [-0.05, 0) is 36.8 Å². The van der Waals surface area contributed by atoms with Crippen LogP contribution >= 0.6 is 34.8 Å². The third-order valence-corrected chi connectivity index (χ3v) is 5.25. The molecule has 10 heteroatoms. The third kappa shape index (κ3) is 4.01. The van der Waals surface area contributed by atoms with E-state index in [0.29, 0.717) is 16.1 Å². The number of halogens is 3. The zero-order chi connectivity index (χ0) is 21.3. The van der Waals surface area contributed by atoms with Crippen LogP contribution in [0.3, 0.4) is 0 Å². The molecule has 4 amide bonds. The molecule has 1 heterocycles. The van der Waals surface area contributed by atoms with Crippen molar-refractivity contribution in [2.45, 2.75) is 12.5 Å². The standard InChI is InChI=1S/C19H13Cl3N4O3/c1-19(11-4-2-10(8-23)3-5-11)17(28)26(18(29)25-19)9-15(27)24-16-13(21)6-12(20)7-14(16)22/h2-7H,9H2,1H3,(H,24,27)(H,25,29). The van der Waals surface area contributed by atoms with Crippen molar-refractivity contribution in [3.63, 3.8) is 0 Å². The minimum absolute atomic E-state index is 0.121. The molecule has 0 saturated carbocycles. The maximum atomic E-state index is 12.9. The summed E-state index contributed by atoms with van der Waals surface area (Å²) in [6.45, 7) is 0.991. The molecule has 0 aromatic heterocycles. The summed E-state index contributed by atoms with van der Waals surface area (Å²) in [5.74, 6) is -1.26. The number of nitriles is 1. The third-order valence-electron chi connectivity index (χ3n) is 4.44. The monoisotopic (exact) mass is 450 g/mol. The molecule has 1 aliphatic rings. The highest BCUT2D eigenvalue weighted by atomic mass is 35.5. The number of nitrogens with one attached hydrogen (secondary N) is 2. The van der Waals surface area contributed by atoms with Gasteiger partial charge < -0.3 is 10.6 Å². The van der Waals surface area contributed by atoms with Crippen molar-refractivity contribution in [2.75, 3.05) is 11.9 Å². The lowest BCUT2D eigenvalue weighted by atomic mass is 9.91. The first kappa shape index (κ1) is 20.9. The van der Waals surface area contributed by atoms with Gasteiger partial charge in [-0.25, -0.2) is 4.79 Å². The van der Waals surface area contributed by atoms with Crippen LogP contribution in [0.4, 0.5) is 10.5 Å². The van der Waals surface area contributed by atoms with E-state index in [2.05, 4.69) is 10.6 Å². The normalized spacial score (nSPS) is 18.4. The number of nitrogens with zero attached hydrogens (tertiary/aromatic N) is 2. The second-order valence-electron chi connectivity index (χ2n) is 6.43. The summed E-state index contributed by atoms with van der Waals surface area (Å²) in [6.07, 6.45) is 0. The Morgan fingerprint density at radius 3 is 2.31 bits per heavy atom. The summed E-state index contributed by atoms with van der Waals surface area (Å²) >= 11 is 17.9. The van der Waals surface area contributed by atoms with Gasteiger partial charge in [-0.1, -0.05) is 46.9 Å². The van der Waals surface area contributed by atoms with E-state index in [-0.39, 0.29) is 15.7 Å². The zero-order valence-corrected chi connectivity index (χ0v) is 17.2. The van der Waals surface area contributed by atoms with E-state index >= 15 is 0 Å². The number of urea groups is 1. The lowest BCUT2D eigenvalue weighted by Crippen LogP contribution is -2.42. The van der Waals surface area contributed by atoms with Gasteiger partial charge in [0, 0.05) is 5.02 Å². The van der Waals surface area contributed by atoms with E-state index in [0.717, 1.165) is 4.90 Å². The van der Waals surface area contributed by atoms with E-state index in [1.807, 2.05) is 6.07 Å². The highest BCUT2D eigenvalue weighted by molar-refractivity contribution is 6.42. The molecular weight excluding hydrogens is 439 g/mol.